The predicted octanol–water partition coefficient (Wildman–Crippen LogP) is 2.10. The van der Waals surface area contributed by atoms with Crippen LogP contribution in [0, 0.1) is 5.92 Å². The molecule has 1 spiro atoms. The van der Waals surface area contributed by atoms with Crippen LogP contribution in [0.25, 0.3) is 11.4 Å². The Labute approximate surface area is 185 Å². The summed E-state index contributed by atoms with van der Waals surface area (Å²) in [5.41, 5.74) is 2.59. The van der Waals surface area contributed by atoms with Crippen molar-refractivity contribution >= 4 is 5.91 Å². The Hall–Kier alpha value is -3.29. The van der Waals surface area contributed by atoms with E-state index in [4.69, 9.17) is 4.98 Å². The molecule has 1 aromatic carbocycles. The van der Waals surface area contributed by atoms with Gasteiger partial charge < -0.3 is 9.88 Å². The summed E-state index contributed by atoms with van der Waals surface area (Å²) in [5.74, 6) is 1.81. The van der Waals surface area contributed by atoms with Crippen LogP contribution in [0.15, 0.2) is 41.5 Å². The molecule has 8 nitrogen and oxygen atoms in total. The number of hydrogen-bond acceptors (Lipinski definition) is 5. The highest BCUT2D eigenvalue weighted by atomic mass is 16.2. The fourth-order valence-electron chi connectivity index (χ4n) is 5.72. The number of amides is 1. The Morgan fingerprint density at radius 1 is 1.09 bits per heavy atom. The van der Waals surface area contributed by atoms with Crippen LogP contribution in [0.4, 0.5) is 0 Å². The number of aromatic amines is 1. The van der Waals surface area contributed by atoms with Crippen molar-refractivity contribution in [3.8, 4) is 11.4 Å². The molecule has 3 aromatic rings. The van der Waals surface area contributed by atoms with Gasteiger partial charge in [0.15, 0.2) is 0 Å². The lowest BCUT2D eigenvalue weighted by Crippen LogP contribution is -2.48. The Morgan fingerprint density at radius 3 is 2.72 bits per heavy atom. The number of likely N-dealkylation sites (tertiary alicyclic amines) is 1. The Kier molecular flexibility index (Phi) is 4.48. The van der Waals surface area contributed by atoms with Crippen molar-refractivity contribution in [2.75, 3.05) is 13.1 Å². The van der Waals surface area contributed by atoms with Crippen LogP contribution >= 0.6 is 0 Å². The summed E-state index contributed by atoms with van der Waals surface area (Å²) in [7, 11) is 0. The lowest BCUT2D eigenvalue weighted by atomic mass is 9.76. The zero-order chi connectivity index (χ0) is 21.7. The minimum Gasteiger partial charge on any atom is -0.342 e. The molecule has 0 bridgehead atoms. The number of rotatable bonds is 2. The first-order chi connectivity index (χ1) is 15.6. The molecule has 1 saturated heterocycles. The van der Waals surface area contributed by atoms with E-state index in [2.05, 4.69) is 15.1 Å². The first-order valence-electron chi connectivity index (χ1n) is 11.5. The first kappa shape index (κ1) is 19.4. The molecule has 2 aromatic heterocycles. The summed E-state index contributed by atoms with van der Waals surface area (Å²) in [6, 6.07) is 9.81. The standard InChI is InChI=1S/C24H26N6O2/c31-22-18-8-9-24(20(18)27-21(28-22)16-4-2-1-3-5-16)10-12-29(13-11-24)23(32)17-6-7-19-25-15-26-30(19)14-17/h1-5,15,17H,6-14H2,(H,27,28,31). The van der Waals surface area contributed by atoms with Gasteiger partial charge in [-0.1, -0.05) is 30.3 Å². The van der Waals surface area contributed by atoms with Crippen LogP contribution < -0.4 is 5.56 Å². The summed E-state index contributed by atoms with van der Waals surface area (Å²) in [6.45, 7) is 2.05. The van der Waals surface area contributed by atoms with E-state index < -0.39 is 0 Å². The lowest BCUT2D eigenvalue weighted by Gasteiger charge is -2.41. The zero-order valence-corrected chi connectivity index (χ0v) is 18.0. The zero-order valence-electron chi connectivity index (χ0n) is 18.0. The second-order valence-electron chi connectivity index (χ2n) is 9.31. The second kappa shape index (κ2) is 7.39. The number of fused-ring (bicyclic) bond motifs is 3. The molecule has 32 heavy (non-hydrogen) atoms. The summed E-state index contributed by atoms with van der Waals surface area (Å²) in [5, 5.41) is 4.25. The number of aromatic nitrogens is 5. The SMILES string of the molecule is O=C(C1CCc2ncnn2C1)N1CCC2(CCc3c2nc(-c2ccccc2)[nH]c3=O)CC1. The molecular formula is C24H26N6O2. The maximum Gasteiger partial charge on any atom is 0.254 e. The fraction of sp³-hybridized carbons (Fsp3) is 0.458. The predicted molar refractivity (Wildman–Crippen MR) is 118 cm³/mol. The molecule has 6 rings (SSSR count). The van der Waals surface area contributed by atoms with Gasteiger partial charge in [-0.25, -0.2) is 14.6 Å². The van der Waals surface area contributed by atoms with Crippen molar-refractivity contribution in [2.45, 2.75) is 50.5 Å². The Bertz CT molecular complexity index is 1220. The van der Waals surface area contributed by atoms with Crippen LogP contribution in [0.5, 0.6) is 0 Å². The van der Waals surface area contributed by atoms with E-state index in [0.29, 0.717) is 25.5 Å². The number of H-pyrrole nitrogens is 1. The van der Waals surface area contributed by atoms with Gasteiger partial charge in [0, 0.05) is 36.1 Å². The monoisotopic (exact) mass is 430 g/mol. The van der Waals surface area contributed by atoms with Gasteiger partial charge in [0.1, 0.15) is 18.0 Å². The van der Waals surface area contributed by atoms with Gasteiger partial charge in [0.25, 0.3) is 5.56 Å². The highest BCUT2D eigenvalue weighted by Gasteiger charge is 2.45. The van der Waals surface area contributed by atoms with Crippen molar-refractivity contribution in [3.63, 3.8) is 0 Å². The highest BCUT2D eigenvalue weighted by molar-refractivity contribution is 5.79. The van der Waals surface area contributed by atoms with Crippen molar-refractivity contribution in [2.24, 2.45) is 5.92 Å². The van der Waals surface area contributed by atoms with Gasteiger partial charge in [-0.2, -0.15) is 5.10 Å². The van der Waals surface area contributed by atoms with E-state index in [1.165, 1.54) is 0 Å². The maximum atomic E-state index is 13.2. The molecule has 4 heterocycles. The summed E-state index contributed by atoms with van der Waals surface area (Å²) in [4.78, 5) is 40.3. The van der Waals surface area contributed by atoms with Crippen LogP contribution in [0.3, 0.4) is 0 Å². The molecule has 1 N–H and O–H groups in total. The summed E-state index contributed by atoms with van der Waals surface area (Å²) >= 11 is 0. The third kappa shape index (κ3) is 3.08. The van der Waals surface area contributed by atoms with Gasteiger partial charge in [-0.05, 0) is 32.1 Å². The molecular weight excluding hydrogens is 404 g/mol. The molecule has 0 radical (unpaired) electrons. The normalized spacial score (nSPS) is 21.4. The molecule has 2 aliphatic heterocycles. The van der Waals surface area contributed by atoms with E-state index in [1.807, 2.05) is 39.9 Å². The molecule has 1 unspecified atom stereocenters. The van der Waals surface area contributed by atoms with Gasteiger partial charge in [-0.15, -0.1) is 0 Å². The molecule has 1 aliphatic carbocycles. The molecule has 3 aliphatic rings. The van der Waals surface area contributed by atoms with Crippen molar-refractivity contribution in [3.05, 3.63) is 64.1 Å². The lowest BCUT2D eigenvalue weighted by molar-refractivity contribution is -0.138. The van der Waals surface area contributed by atoms with Crippen LogP contribution in [0.2, 0.25) is 0 Å². The Morgan fingerprint density at radius 2 is 1.91 bits per heavy atom. The van der Waals surface area contributed by atoms with Crippen LogP contribution in [0.1, 0.15) is 42.8 Å². The Balaban J connectivity index is 1.22. The van der Waals surface area contributed by atoms with E-state index >= 15 is 0 Å². The summed E-state index contributed by atoms with van der Waals surface area (Å²) < 4.78 is 1.87. The minimum atomic E-state index is -0.102. The van der Waals surface area contributed by atoms with Gasteiger partial charge in [0.05, 0.1) is 18.2 Å². The van der Waals surface area contributed by atoms with Crippen molar-refractivity contribution < 1.29 is 4.79 Å². The molecule has 0 saturated carbocycles. The van der Waals surface area contributed by atoms with Crippen molar-refractivity contribution in [1.29, 1.82) is 0 Å². The number of aryl methyl sites for hydroxylation is 1. The van der Waals surface area contributed by atoms with E-state index in [9.17, 15) is 9.59 Å². The minimum absolute atomic E-state index is 0.0184. The smallest absolute Gasteiger partial charge is 0.254 e. The van der Waals surface area contributed by atoms with E-state index in [-0.39, 0.29) is 22.8 Å². The van der Waals surface area contributed by atoms with Crippen LogP contribution in [-0.2, 0) is 29.6 Å². The van der Waals surface area contributed by atoms with Crippen molar-refractivity contribution in [1.82, 2.24) is 29.6 Å². The third-order valence-electron chi connectivity index (χ3n) is 7.61. The second-order valence-corrected chi connectivity index (χ2v) is 9.31. The number of hydrogen-bond donors (Lipinski definition) is 1. The third-order valence-corrected chi connectivity index (χ3v) is 7.61. The average molecular weight is 431 g/mol. The van der Waals surface area contributed by atoms with E-state index in [1.54, 1.807) is 6.33 Å². The van der Waals surface area contributed by atoms with Gasteiger partial charge >= 0.3 is 0 Å². The quantitative estimate of drug-likeness (QED) is 0.672. The number of carbonyl (C=O) groups excluding carboxylic acids is 1. The largest absolute Gasteiger partial charge is 0.342 e. The molecule has 1 fully saturated rings. The number of nitrogens with zero attached hydrogens (tertiary/aromatic N) is 5. The number of nitrogens with one attached hydrogen (secondary N) is 1. The topological polar surface area (TPSA) is 96.8 Å². The van der Waals surface area contributed by atoms with Gasteiger partial charge in [-0.3, -0.25) is 9.59 Å². The van der Waals surface area contributed by atoms with Crippen LogP contribution in [-0.4, -0.2) is 48.6 Å². The number of benzene rings is 1. The highest BCUT2D eigenvalue weighted by Crippen LogP contribution is 2.45. The fourth-order valence-corrected chi connectivity index (χ4v) is 5.72. The first-order valence-corrected chi connectivity index (χ1v) is 11.5. The average Bonchev–Trinajstić information content (AvgIpc) is 3.45. The molecule has 1 amide bonds. The van der Waals surface area contributed by atoms with E-state index in [0.717, 1.165) is 61.2 Å². The molecule has 8 heteroatoms. The van der Waals surface area contributed by atoms with Gasteiger partial charge in [0.2, 0.25) is 5.91 Å². The maximum absolute atomic E-state index is 13.2. The molecule has 164 valence electrons. The number of piperidine rings is 1. The number of carbonyl (C=O) groups is 1. The summed E-state index contributed by atoms with van der Waals surface area (Å²) in [6.07, 6.45) is 6.62. The molecule has 1 atom stereocenters.